The summed E-state index contributed by atoms with van der Waals surface area (Å²) in [5.74, 6) is -1.00. The summed E-state index contributed by atoms with van der Waals surface area (Å²) in [5, 5.41) is 7.72. The number of hydrogen-bond donors (Lipinski definition) is 2. The average Bonchev–Trinajstić information content (AvgIpc) is 3.28. The Morgan fingerprint density at radius 1 is 1.06 bits per heavy atom. The van der Waals surface area contributed by atoms with Crippen LogP contribution in [0.5, 0.6) is 0 Å². The Kier molecular flexibility index (Phi) is 7.14. The maximum absolute atomic E-state index is 12.8. The van der Waals surface area contributed by atoms with E-state index in [1.54, 1.807) is 29.2 Å². The van der Waals surface area contributed by atoms with Gasteiger partial charge in [0.2, 0.25) is 0 Å². The number of carbonyl (C=O) groups is 2. The van der Waals surface area contributed by atoms with Crippen molar-refractivity contribution in [2.24, 2.45) is 5.73 Å². The summed E-state index contributed by atoms with van der Waals surface area (Å²) in [7, 11) is 0. The fourth-order valence-corrected chi connectivity index (χ4v) is 4.32. The lowest BCUT2D eigenvalue weighted by molar-refractivity contribution is 0.0992. The molecule has 2 amide bonds. The Hall–Kier alpha value is -3.75. The molecule has 0 saturated carbocycles. The molecule has 0 radical (unpaired) electrons. The van der Waals surface area contributed by atoms with Crippen molar-refractivity contribution in [3.8, 4) is 16.9 Å². The number of hydrogen-bond acceptors (Lipinski definition) is 5. The van der Waals surface area contributed by atoms with Gasteiger partial charge in [0.15, 0.2) is 5.69 Å². The van der Waals surface area contributed by atoms with Crippen LogP contribution < -0.4 is 11.1 Å². The number of anilines is 1. The molecule has 3 N–H and O–H groups in total. The van der Waals surface area contributed by atoms with E-state index >= 15 is 0 Å². The number of pyridine rings is 2. The van der Waals surface area contributed by atoms with E-state index < -0.39 is 11.8 Å². The van der Waals surface area contributed by atoms with Gasteiger partial charge in [0.25, 0.3) is 11.8 Å². The summed E-state index contributed by atoms with van der Waals surface area (Å²) in [5.41, 5.74) is 10.8. The summed E-state index contributed by atoms with van der Waals surface area (Å²) in [6, 6.07) is 10.6. The lowest BCUT2D eigenvalue weighted by Gasteiger charge is -2.20. The van der Waals surface area contributed by atoms with Gasteiger partial charge in [0.1, 0.15) is 5.15 Å². The lowest BCUT2D eigenvalue weighted by atomic mass is 9.88. The number of carbonyl (C=O) groups excluding carboxylic acids is 2. The summed E-state index contributed by atoms with van der Waals surface area (Å²) < 4.78 is 1.69. The first-order valence-corrected chi connectivity index (χ1v) is 11.8. The smallest absolute Gasteiger partial charge is 0.269 e. The van der Waals surface area contributed by atoms with Crippen LogP contribution >= 0.6 is 23.2 Å². The van der Waals surface area contributed by atoms with Gasteiger partial charge in [-0.1, -0.05) is 43.1 Å². The molecule has 1 aliphatic carbocycles. The number of nitrogens with zero attached hydrogens (tertiary/aromatic N) is 4. The molecule has 1 aromatic carbocycles. The van der Waals surface area contributed by atoms with E-state index in [0.29, 0.717) is 18.5 Å². The van der Waals surface area contributed by atoms with Crippen molar-refractivity contribution in [3.05, 3.63) is 87.5 Å². The minimum absolute atomic E-state index is 0.167. The molecule has 178 valence electrons. The van der Waals surface area contributed by atoms with Crippen molar-refractivity contribution in [2.45, 2.75) is 26.7 Å². The number of amides is 2. The summed E-state index contributed by atoms with van der Waals surface area (Å²) >= 11 is 12.0. The normalized spacial score (nSPS) is 11.5. The van der Waals surface area contributed by atoms with Crippen LogP contribution in [0, 0.1) is 0 Å². The number of rotatable bonds is 4. The first-order chi connectivity index (χ1) is 16.9. The number of fused-ring (bicyclic) bond motifs is 3. The number of primary amides is 1. The Bertz CT molecular complexity index is 1420. The van der Waals surface area contributed by atoms with Crippen molar-refractivity contribution in [2.75, 3.05) is 5.32 Å². The molecule has 0 bridgehead atoms. The molecule has 1 aliphatic rings. The van der Waals surface area contributed by atoms with Crippen LogP contribution in [-0.4, -0.2) is 31.6 Å². The van der Waals surface area contributed by atoms with Crippen LogP contribution in [0.3, 0.4) is 0 Å². The Labute approximate surface area is 212 Å². The number of halogens is 2. The van der Waals surface area contributed by atoms with Gasteiger partial charge >= 0.3 is 0 Å². The van der Waals surface area contributed by atoms with Crippen molar-refractivity contribution in [1.82, 2.24) is 19.7 Å². The third kappa shape index (κ3) is 4.76. The quantitative estimate of drug-likeness (QED) is 0.371. The molecule has 5 rings (SSSR count). The summed E-state index contributed by atoms with van der Waals surface area (Å²) in [4.78, 5) is 32.8. The van der Waals surface area contributed by atoms with Gasteiger partial charge in [0.05, 0.1) is 22.0 Å². The van der Waals surface area contributed by atoms with Crippen LogP contribution in [0.4, 0.5) is 5.69 Å². The third-order valence-corrected chi connectivity index (χ3v) is 5.97. The van der Waals surface area contributed by atoms with E-state index in [1.807, 2.05) is 32.0 Å². The highest BCUT2D eigenvalue weighted by Gasteiger charge is 2.28. The fourth-order valence-electron chi connectivity index (χ4n) is 3.97. The predicted molar refractivity (Wildman–Crippen MR) is 136 cm³/mol. The minimum Gasteiger partial charge on any atom is -0.364 e. The van der Waals surface area contributed by atoms with E-state index in [9.17, 15) is 9.59 Å². The highest BCUT2D eigenvalue weighted by atomic mass is 35.5. The van der Waals surface area contributed by atoms with Gasteiger partial charge in [-0.25, -0.2) is 9.67 Å². The van der Waals surface area contributed by atoms with Crippen molar-refractivity contribution in [1.29, 1.82) is 0 Å². The van der Waals surface area contributed by atoms with Crippen LogP contribution in [0.2, 0.25) is 10.2 Å². The monoisotopic (exact) mass is 508 g/mol. The van der Waals surface area contributed by atoms with E-state index in [2.05, 4.69) is 20.4 Å². The highest BCUT2D eigenvalue weighted by molar-refractivity contribution is 6.35. The van der Waals surface area contributed by atoms with Crippen LogP contribution in [-0.2, 0) is 12.8 Å². The Morgan fingerprint density at radius 2 is 1.80 bits per heavy atom. The summed E-state index contributed by atoms with van der Waals surface area (Å²) in [6.07, 6.45) is 5.97. The number of nitrogens with two attached hydrogens (primary N) is 1. The van der Waals surface area contributed by atoms with Crippen LogP contribution in [0.1, 0.15) is 45.8 Å². The van der Waals surface area contributed by atoms with E-state index in [0.717, 1.165) is 28.1 Å². The van der Waals surface area contributed by atoms with Gasteiger partial charge < -0.3 is 11.1 Å². The maximum Gasteiger partial charge on any atom is 0.269 e. The van der Waals surface area contributed by atoms with Gasteiger partial charge in [-0.2, -0.15) is 5.10 Å². The number of nitrogens with one attached hydrogen (secondary N) is 1. The predicted octanol–water partition coefficient (Wildman–Crippen LogP) is 5.11. The number of aryl methyl sites for hydroxylation is 1. The number of benzene rings is 1. The first kappa shape index (κ1) is 24.4. The molecular weight excluding hydrogens is 487 g/mol. The zero-order valence-electron chi connectivity index (χ0n) is 19.0. The second-order valence-corrected chi connectivity index (χ2v) is 8.26. The van der Waals surface area contributed by atoms with E-state index in [1.165, 1.54) is 12.3 Å². The van der Waals surface area contributed by atoms with Crippen molar-refractivity contribution < 1.29 is 9.59 Å². The molecule has 3 aromatic heterocycles. The first-order valence-electron chi connectivity index (χ1n) is 11.0. The maximum atomic E-state index is 12.8. The van der Waals surface area contributed by atoms with E-state index in [-0.39, 0.29) is 21.4 Å². The van der Waals surface area contributed by atoms with Crippen LogP contribution in [0.25, 0.3) is 16.9 Å². The second-order valence-electron chi connectivity index (χ2n) is 7.47. The van der Waals surface area contributed by atoms with Crippen LogP contribution in [0.15, 0.2) is 55.0 Å². The standard InChI is InChI=1S/C23H16Cl2N6O2.C2H6/c24-18-11-28-19(25)10-17(18)23(33)29-13-3-1-12-2-4-15-20(22(26)32)30-31(21(15)16(12)9-13)14-5-7-27-8-6-14;1-2/h1,3,5-11H,2,4H2,(H2,26,32)(H,29,33);1-2H3. The molecule has 10 heteroatoms. The fraction of sp³-hybridized carbons (Fsp3) is 0.160. The molecule has 0 saturated heterocycles. The molecule has 0 spiro atoms. The molecule has 3 heterocycles. The molecule has 0 atom stereocenters. The average molecular weight is 509 g/mol. The number of aromatic nitrogens is 4. The van der Waals surface area contributed by atoms with Gasteiger partial charge in [-0.3, -0.25) is 14.6 Å². The SMILES string of the molecule is CC.NC(=O)c1nn(-c2ccncc2)c2c1CCc1ccc(NC(=O)c3cc(Cl)ncc3Cl)cc1-2. The topological polar surface area (TPSA) is 116 Å². The van der Waals surface area contributed by atoms with Crippen molar-refractivity contribution >= 4 is 40.7 Å². The summed E-state index contributed by atoms with van der Waals surface area (Å²) in [6.45, 7) is 4.00. The zero-order chi connectivity index (χ0) is 25.1. The molecule has 0 unspecified atom stereocenters. The van der Waals surface area contributed by atoms with E-state index in [4.69, 9.17) is 28.9 Å². The molecule has 4 aromatic rings. The van der Waals surface area contributed by atoms with Gasteiger partial charge in [0, 0.05) is 35.4 Å². The highest BCUT2D eigenvalue weighted by Crippen LogP contribution is 2.38. The molecule has 35 heavy (non-hydrogen) atoms. The second kappa shape index (κ2) is 10.2. The molecule has 0 aliphatic heterocycles. The Balaban J connectivity index is 0.00000141. The van der Waals surface area contributed by atoms with Gasteiger partial charge in [-0.05, 0) is 48.7 Å². The molecule has 0 fully saturated rings. The largest absolute Gasteiger partial charge is 0.364 e. The molecular formula is C25H22Cl2N6O2. The minimum atomic E-state index is -0.587. The van der Waals surface area contributed by atoms with Crippen molar-refractivity contribution in [3.63, 3.8) is 0 Å². The lowest BCUT2D eigenvalue weighted by Crippen LogP contribution is -2.16. The zero-order valence-corrected chi connectivity index (χ0v) is 20.6. The molecule has 8 nitrogen and oxygen atoms in total. The Morgan fingerprint density at radius 3 is 2.51 bits per heavy atom. The third-order valence-electron chi connectivity index (χ3n) is 5.46. The van der Waals surface area contributed by atoms with Gasteiger partial charge in [-0.15, -0.1) is 0 Å².